The molecule has 2 heterocycles. The summed E-state index contributed by atoms with van der Waals surface area (Å²) in [5.74, 6) is 0.497. The molecule has 1 saturated heterocycles. The fourth-order valence-corrected chi connectivity index (χ4v) is 4.55. The summed E-state index contributed by atoms with van der Waals surface area (Å²) in [6, 6.07) is 12.7. The molecule has 3 aromatic rings. The lowest BCUT2D eigenvalue weighted by Crippen LogP contribution is -2.57. The van der Waals surface area contributed by atoms with E-state index in [1.54, 1.807) is 7.11 Å². The summed E-state index contributed by atoms with van der Waals surface area (Å²) in [6.45, 7) is 3.96. The van der Waals surface area contributed by atoms with Crippen molar-refractivity contribution < 1.29 is 9.53 Å². The monoisotopic (exact) mass is 431 g/mol. The van der Waals surface area contributed by atoms with Crippen molar-refractivity contribution in [1.29, 1.82) is 0 Å². The van der Waals surface area contributed by atoms with Crippen molar-refractivity contribution in [2.24, 2.45) is 0 Å². The Morgan fingerprint density at radius 2 is 1.97 bits per heavy atom. The molecule has 0 atom stereocenters. The molecule has 1 aliphatic heterocycles. The van der Waals surface area contributed by atoms with E-state index in [2.05, 4.69) is 45.2 Å². The average Bonchev–Trinajstić information content (AvgIpc) is 3.53. The third kappa shape index (κ3) is 3.46. The number of ether oxygens (including phenoxy) is 1. The third-order valence-corrected chi connectivity index (χ3v) is 6.86. The molecular formula is C25H29N5O2. The minimum atomic E-state index is -0.413. The Morgan fingerprint density at radius 3 is 2.66 bits per heavy atom. The van der Waals surface area contributed by atoms with Gasteiger partial charge in [-0.3, -0.25) is 4.79 Å². The van der Waals surface area contributed by atoms with Gasteiger partial charge in [0.15, 0.2) is 0 Å². The minimum absolute atomic E-state index is 0.0423. The average molecular weight is 432 g/mol. The summed E-state index contributed by atoms with van der Waals surface area (Å²) in [7, 11) is 5.83. The van der Waals surface area contributed by atoms with Gasteiger partial charge in [0, 0.05) is 30.4 Å². The molecule has 0 radical (unpaired) electrons. The Kier molecular flexibility index (Phi) is 5.01. The molecule has 0 bridgehead atoms. The lowest BCUT2D eigenvalue weighted by Gasteiger charge is -2.44. The Labute approximate surface area is 188 Å². The number of fused-ring (bicyclic) bond motifs is 1. The summed E-state index contributed by atoms with van der Waals surface area (Å²) >= 11 is 0. The zero-order chi connectivity index (χ0) is 22.5. The van der Waals surface area contributed by atoms with Crippen LogP contribution in [0.25, 0.3) is 10.9 Å². The molecule has 0 spiro atoms. The van der Waals surface area contributed by atoms with Gasteiger partial charge in [-0.15, -0.1) is 0 Å². The quantitative estimate of drug-likeness (QED) is 0.647. The van der Waals surface area contributed by atoms with E-state index in [4.69, 9.17) is 4.74 Å². The second kappa shape index (κ2) is 7.74. The zero-order valence-corrected chi connectivity index (χ0v) is 19.1. The Balaban J connectivity index is 1.43. The molecular weight excluding hydrogens is 402 g/mol. The molecule has 2 aliphatic rings. The first-order valence-corrected chi connectivity index (χ1v) is 11.0. The van der Waals surface area contributed by atoms with E-state index < -0.39 is 5.54 Å². The van der Waals surface area contributed by atoms with Crippen molar-refractivity contribution in [3.8, 4) is 5.88 Å². The maximum Gasteiger partial charge on any atom is 0.252 e. The molecule has 0 unspecified atom stereocenters. The van der Waals surface area contributed by atoms with Crippen molar-refractivity contribution in [1.82, 2.24) is 20.2 Å². The number of likely N-dealkylation sites (N-methyl/N-ethyl adjacent to an activating group) is 1. The van der Waals surface area contributed by atoms with E-state index >= 15 is 0 Å². The highest BCUT2D eigenvalue weighted by atomic mass is 16.5. The minimum Gasteiger partial charge on any atom is -0.480 e. The number of amides is 1. The highest BCUT2D eigenvalue weighted by Crippen LogP contribution is 2.49. The van der Waals surface area contributed by atoms with Crippen molar-refractivity contribution in [2.45, 2.75) is 31.3 Å². The number of benzene rings is 2. The number of nitrogens with zero attached hydrogens (tertiary/aromatic N) is 4. The number of anilines is 1. The number of aryl methyl sites for hydroxylation is 1. The molecule has 1 N–H and O–H groups in total. The fraction of sp³-hybridized carbons (Fsp3) is 0.400. The lowest BCUT2D eigenvalue weighted by molar-refractivity contribution is 0.0930. The first-order chi connectivity index (χ1) is 15.4. The fourth-order valence-electron chi connectivity index (χ4n) is 4.55. The number of methoxy groups -OCH3 is 1. The summed E-state index contributed by atoms with van der Waals surface area (Å²) in [4.78, 5) is 26.7. The van der Waals surface area contributed by atoms with Gasteiger partial charge in [-0.1, -0.05) is 18.2 Å². The largest absolute Gasteiger partial charge is 0.480 e. The van der Waals surface area contributed by atoms with Crippen molar-refractivity contribution >= 4 is 22.5 Å². The van der Waals surface area contributed by atoms with Gasteiger partial charge in [-0.05, 0) is 63.2 Å². The van der Waals surface area contributed by atoms with Crippen molar-refractivity contribution in [3.63, 3.8) is 0 Å². The third-order valence-electron chi connectivity index (χ3n) is 6.86. The lowest BCUT2D eigenvalue weighted by atomic mass is 9.98. The predicted octanol–water partition coefficient (Wildman–Crippen LogP) is 3.12. The molecule has 1 saturated carbocycles. The highest BCUT2D eigenvalue weighted by Gasteiger charge is 2.47. The van der Waals surface area contributed by atoms with Crippen LogP contribution in [0.2, 0.25) is 0 Å². The molecule has 1 aliphatic carbocycles. The summed E-state index contributed by atoms with van der Waals surface area (Å²) in [5, 5.41) is 4.21. The van der Waals surface area contributed by atoms with Gasteiger partial charge in [-0.25, -0.2) is 9.97 Å². The molecule has 7 nitrogen and oxygen atoms in total. The number of carbonyl (C=O) groups excluding carboxylic acids is 1. The SMILES string of the molecule is COc1ncnc2cccc(C3(NC(=O)c4cc(N5CC(N(C)C)C5)ccc4C)CC3)c12. The molecule has 166 valence electrons. The number of nitrogens with one attached hydrogen (secondary N) is 1. The van der Waals surface area contributed by atoms with Gasteiger partial charge in [0.2, 0.25) is 5.88 Å². The number of hydrogen-bond donors (Lipinski definition) is 1. The van der Waals surface area contributed by atoms with E-state index in [1.807, 2.05) is 37.3 Å². The van der Waals surface area contributed by atoms with E-state index in [0.29, 0.717) is 11.9 Å². The van der Waals surface area contributed by atoms with Crippen LogP contribution in [0.15, 0.2) is 42.7 Å². The Hall–Kier alpha value is -3.19. The van der Waals surface area contributed by atoms with Crippen LogP contribution in [0.1, 0.15) is 34.3 Å². The van der Waals surface area contributed by atoms with Crippen LogP contribution < -0.4 is 15.0 Å². The van der Waals surface area contributed by atoms with Crippen molar-refractivity contribution in [3.05, 3.63) is 59.4 Å². The van der Waals surface area contributed by atoms with Crippen LogP contribution >= 0.6 is 0 Å². The number of hydrogen-bond acceptors (Lipinski definition) is 6. The summed E-state index contributed by atoms with van der Waals surface area (Å²) < 4.78 is 5.51. The van der Waals surface area contributed by atoms with Crippen LogP contribution in [-0.2, 0) is 5.54 Å². The second-order valence-corrected chi connectivity index (χ2v) is 9.14. The van der Waals surface area contributed by atoms with E-state index in [1.165, 1.54) is 6.33 Å². The molecule has 1 amide bonds. The summed E-state index contributed by atoms with van der Waals surface area (Å²) in [5.41, 5.74) is 4.23. The second-order valence-electron chi connectivity index (χ2n) is 9.14. The molecule has 32 heavy (non-hydrogen) atoms. The maximum atomic E-state index is 13.4. The zero-order valence-electron chi connectivity index (χ0n) is 19.1. The van der Waals surface area contributed by atoms with Gasteiger partial charge in [0.1, 0.15) is 6.33 Å². The summed E-state index contributed by atoms with van der Waals surface area (Å²) in [6.07, 6.45) is 3.27. The maximum absolute atomic E-state index is 13.4. The predicted molar refractivity (Wildman–Crippen MR) is 125 cm³/mol. The van der Waals surface area contributed by atoms with Crippen LogP contribution in [0, 0.1) is 6.92 Å². The standard InChI is InChI=1S/C25H29N5O2/c1-16-8-9-17(30-13-18(14-30)29(2)3)12-19(16)23(31)28-25(10-11-25)20-6-5-7-21-22(20)24(32-4)27-15-26-21/h5-9,12,15,18H,10-11,13-14H2,1-4H3,(H,28,31). The molecule has 2 fully saturated rings. The van der Waals surface area contributed by atoms with Crippen LogP contribution in [0.5, 0.6) is 5.88 Å². The molecule has 5 rings (SSSR count). The first kappa shape index (κ1) is 20.7. The molecule has 2 aromatic carbocycles. The van der Waals surface area contributed by atoms with E-state index in [0.717, 1.165) is 59.2 Å². The number of aromatic nitrogens is 2. The van der Waals surface area contributed by atoms with Crippen LogP contribution in [-0.4, -0.2) is 61.1 Å². The van der Waals surface area contributed by atoms with E-state index in [9.17, 15) is 4.79 Å². The van der Waals surface area contributed by atoms with Crippen LogP contribution in [0.3, 0.4) is 0 Å². The van der Waals surface area contributed by atoms with Gasteiger partial charge in [0.25, 0.3) is 5.91 Å². The Morgan fingerprint density at radius 1 is 1.19 bits per heavy atom. The highest BCUT2D eigenvalue weighted by molar-refractivity contribution is 5.98. The topological polar surface area (TPSA) is 70.6 Å². The van der Waals surface area contributed by atoms with Gasteiger partial charge >= 0.3 is 0 Å². The van der Waals surface area contributed by atoms with E-state index in [-0.39, 0.29) is 5.91 Å². The van der Waals surface area contributed by atoms with Crippen LogP contribution in [0.4, 0.5) is 5.69 Å². The van der Waals surface area contributed by atoms with Gasteiger partial charge < -0.3 is 19.9 Å². The molecule has 1 aromatic heterocycles. The molecule has 7 heteroatoms. The smallest absolute Gasteiger partial charge is 0.252 e. The van der Waals surface area contributed by atoms with Crippen molar-refractivity contribution in [2.75, 3.05) is 39.2 Å². The van der Waals surface area contributed by atoms with Gasteiger partial charge in [-0.2, -0.15) is 0 Å². The number of carbonyl (C=O) groups is 1. The normalized spacial score (nSPS) is 17.3. The number of rotatable bonds is 6. The first-order valence-electron chi connectivity index (χ1n) is 11.0. The van der Waals surface area contributed by atoms with Gasteiger partial charge in [0.05, 0.1) is 23.6 Å². The Bertz CT molecular complexity index is 1180.